The maximum atomic E-state index is 15.3. The minimum absolute atomic E-state index is 0.00505. The summed E-state index contributed by atoms with van der Waals surface area (Å²) < 4.78 is -1.30. The van der Waals surface area contributed by atoms with Crippen molar-refractivity contribution in [2.75, 3.05) is 56.5 Å². The molecule has 530 valence electrons. The fraction of sp³-hybridized carbons (Fsp3) is 0.574. The molecule has 2 heterocycles. The number of nitrogens with one attached hydrogen (secondary N) is 9. The maximum Gasteiger partial charge on any atom is 0.245 e. The first-order valence-corrected chi connectivity index (χ1v) is 33.8. The quantitative estimate of drug-likeness (QED) is 0.0226. The first-order chi connectivity index (χ1) is 45.5. The Morgan fingerprint density at radius 3 is 1.77 bits per heavy atom. The number of fused-ring (bicyclic) bond motifs is 1. The van der Waals surface area contributed by atoms with E-state index in [2.05, 4.69) is 62.8 Å². The number of nitrogens with zero attached hydrogens (tertiary/aromatic N) is 4. The second-order valence-electron chi connectivity index (χ2n) is 23.8. The Hall–Kier alpha value is -9.12. The zero-order valence-electron chi connectivity index (χ0n) is 54.8. The predicted octanol–water partition coefficient (Wildman–Crippen LogP) is -4.93. The van der Waals surface area contributed by atoms with E-state index < -0.39 is 143 Å². The molecule has 2 fully saturated rings. The molecule has 2 aliphatic rings. The highest BCUT2D eigenvalue weighted by molar-refractivity contribution is 8.03. The Bertz CT molecular complexity index is 3060. The third-order valence-electron chi connectivity index (χ3n) is 15.8. The molecule has 0 unspecified atom stereocenters. The van der Waals surface area contributed by atoms with Crippen LogP contribution in [0.1, 0.15) is 96.6 Å². The largest absolute Gasteiger partial charge is 0.508 e. The molecule has 96 heavy (non-hydrogen) atoms. The number of primary amides is 1. The summed E-state index contributed by atoms with van der Waals surface area (Å²) in [7, 11) is 0. The van der Waals surface area contributed by atoms with Gasteiger partial charge in [-0.05, 0) is 101 Å². The number of aliphatic imine (C=N–C) groups is 3. The number of hydrogen-bond acceptors (Lipinski definition) is 18. The van der Waals surface area contributed by atoms with Gasteiger partial charge in [0, 0.05) is 54.6 Å². The van der Waals surface area contributed by atoms with Gasteiger partial charge in [0.05, 0.1) is 19.1 Å². The fourth-order valence-corrected chi connectivity index (χ4v) is 12.6. The number of phenols is 1. The molecular formula is C61H97N21O12S2. The predicted molar refractivity (Wildman–Crippen MR) is 366 cm³/mol. The van der Waals surface area contributed by atoms with Gasteiger partial charge in [-0.15, -0.1) is 0 Å². The second-order valence-corrected chi connectivity index (χ2v) is 26.7. The molecule has 4 rings (SSSR count). The van der Waals surface area contributed by atoms with Crippen LogP contribution in [0.15, 0.2) is 69.6 Å². The highest BCUT2D eigenvalue weighted by Gasteiger charge is 2.43. The van der Waals surface area contributed by atoms with E-state index in [1.807, 2.05) is 0 Å². The van der Waals surface area contributed by atoms with Crippen LogP contribution in [0, 0.1) is 5.92 Å². The molecule has 11 amide bonds. The number of nitrogens with two attached hydrogens (primary N) is 8. The first-order valence-electron chi connectivity index (χ1n) is 31.7. The Balaban J connectivity index is 1.76. The van der Waals surface area contributed by atoms with Crippen LogP contribution in [0.4, 0.5) is 0 Å². The van der Waals surface area contributed by atoms with Crippen molar-refractivity contribution in [3.63, 3.8) is 0 Å². The van der Waals surface area contributed by atoms with Crippen LogP contribution in [-0.4, -0.2) is 209 Å². The summed E-state index contributed by atoms with van der Waals surface area (Å²) in [5.74, 6) is -9.45. The van der Waals surface area contributed by atoms with Crippen molar-refractivity contribution in [1.82, 2.24) is 52.8 Å². The average molecular weight is 1380 g/mol. The van der Waals surface area contributed by atoms with E-state index in [9.17, 15) is 53.1 Å². The smallest absolute Gasteiger partial charge is 0.245 e. The fourth-order valence-electron chi connectivity index (χ4n) is 10.3. The number of aromatic hydroxyl groups is 1. The van der Waals surface area contributed by atoms with E-state index in [4.69, 9.17) is 45.9 Å². The molecule has 2 aromatic rings. The topological polar surface area (TPSA) is 565 Å². The van der Waals surface area contributed by atoms with Crippen LogP contribution < -0.4 is 93.7 Å². The van der Waals surface area contributed by atoms with Crippen molar-refractivity contribution in [3.05, 3.63) is 65.7 Å². The lowest BCUT2D eigenvalue weighted by Gasteiger charge is -2.35. The second kappa shape index (κ2) is 40.3. The minimum atomic E-state index is -1.54. The van der Waals surface area contributed by atoms with Gasteiger partial charge in [0.1, 0.15) is 54.1 Å². The Labute approximate surface area is 566 Å². The molecular weight excluding hydrogens is 1280 g/mol. The molecule has 10 atom stereocenters. The molecule has 33 nitrogen and oxygen atoms in total. The summed E-state index contributed by atoms with van der Waals surface area (Å²) in [6.45, 7) is 5.75. The summed E-state index contributed by atoms with van der Waals surface area (Å²) in [6.07, 6.45) is 1.01. The molecule has 0 radical (unpaired) electrons. The van der Waals surface area contributed by atoms with Gasteiger partial charge in [0.2, 0.25) is 65.0 Å². The highest BCUT2D eigenvalue weighted by Crippen LogP contribution is 2.30. The Morgan fingerprint density at radius 1 is 0.656 bits per heavy atom. The van der Waals surface area contributed by atoms with E-state index in [0.29, 0.717) is 24.0 Å². The number of carbonyl (C=O) groups is 11. The van der Waals surface area contributed by atoms with E-state index in [1.54, 1.807) is 70.2 Å². The maximum absolute atomic E-state index is 15.3. The summed E-state index contributed by atoms with van der Waals surface area (Å²) in [5, 5.41) is 33.7. The number of hydrogen-bond donors (Lipinski definition) is 18. The zero-order chi connectivity index (χ0) is 71.1. The number of benzene rings is 2. The summed E-state index contributed by atoms with van der Waals surface area (Å²) in [5.41, 5.74) is 46.9. The van der Waals surface area contributed by atoms with Gasteiger partial charge < -0.3 is 104 Å². The van der Waals surface area contributed by atoms with Crippen molar-refractivity contribution < 1.29 is 57.8 Å². The highest BCUT2D eigenvalue weighted by atomic mass is 32.2. The number of phenolic OH excluding ortho intramolecular Hbond substituents is 1. The van der Waals surface area contributed by atoms with E-state index in [-0.39, 0.29) is 125 Å². The van der Waals surface area contributed by atoms with Gasteiger partial charge in [-0.2, -0.15) is 23.5 Å². The number of rotatable bonds is 27. The van der Waals surface area contributed by atoms with Crippen molar-refractivity contribution >= 4 is 106 Å². The molecule has 0 aromatic heterocycles. The molecule has 35 heteroatoms. The van der Waals surface area contributed by atoms with Crippen LogP contribution >= 0.6 is 23.5 Å². The molecule has 2 aliphatic heterocycles. The van der Waals surface area contributed by atoms with Crippen LogP contribution in [0.5, 0.6) is 5.75 Å². The number of amides is 11. The van der Waals surface area contributed by atoms with Gasteiger partial charge in [-0.3, -0.25) is 67.7 Å². The number of guanidine groups is 3. The van der Waals surface area contributed by atoms with E-state index in [1.165, 1.54) is 40.6 Å². The SMILES string of the molecule is CC[C@H](C)[C@@H]1NC(=O)[C@H](CCCN=C(N)N)NC(=O)[C@H](CCCN=C(N)N)NC(=O)[C@H](NC(=O)[C@H](Cc2ccccc2)NC(=O)CNC(=O)CNC(=O)[C@@H](N)Cc2ccc(O)cc2)C(C)(C)SCCSC[C@@H](C(N)=O)NC(=O)[C@@H]2CCCN2C(=O)[C@H](CCCN=C(N)N)NC1=O. The lowest BCUT2D eigenvalue weighted by Crippen LogP contribution is -2.63. The van der Waals surface area contributed by atoms with Gasteiger partial charge in [0.15, 0.2) is 17.9 Å². The minimum Gasteiger partial charge on any atom is -0.508 e. The molecule has 2 aromatic carbocycles. The summed E-state index contributed by atoms with van der Waals surface area (Å²) >= 11 is 2.45. The monoisotopic (exact) mass is 1380 g/mol. The number of thioether (sulfide) groups is 2. The Kier molecular flexibility index (Phi) is 33.3. The molecule has 2 saturated heterocycles. The van der Waals surface area contributed by atoms with Crippen LogP contribution in [0.25, 0.3) is 0 Å². The van der Waals surface area contributed by atoms with Crippen LogP contribution in [0.2, 0.25) is 0 Å². The average Bonchev–Trinajstić information content (AvgIpc) is 1.51. The van der Waals surface area contributed by atoms with Gasteiger partial charge in [0.25, 0.3) is 0 Å². The molecule has 0 aliphatic carbocycles. The third-order valence-corrected chi connectivity index (χ3v) is 18.5. The van der Waals surface area contributed by atoms with Gasteiger partial charge >= 0.3 is 0 Å². The van der Waals surface area contributed by atoms with Crippen molar-refractivity contribution in [2.45, 2.75) is 157 Å². The first kappa shape index (κ1) is 79.3. The van der Waals surface area contributed by atoms with Crippen molar-refractivity contribution in [2.24, 2.45) is 66.8 Å². The Morgan fingerprint density at radius 2 is 1.20 bits per heavy atom. The van der Waals surface area contributed by atoms with Crippen LogP contribution in [0.3, 0.4) is 0 Å². The molecule has 0 saturated carbocycles. The summed E-state index contributed by atoms with van der Waals surface area (Å²) in [6, 6.07) is 2.81. The molecule has 26 N–H and O–H groups in total. The standard InChI is InChI=1S/C61H97N21O12S2/c1-5-34(2)47-55(92)78-41(17-11-25-72-60(68)69)57(94)82-26-12-18-44(82)54(91)79-43(49(63)86)33-95-27-28-96-61(3,4)48(56(93)77-39(15-9-23-70-58(64)65)51(88)76-40(52(89)80-47)16-10-24-71-59(66)67)81-53(90)42(30-35-13-7-6-8-14-35)75-46(85)32-73-45(84)31-74-50(87)38(62)29-36-19-21-37(83)22-20-36/h6-8,13-14,19-22,34,38-44,47-48,83H,5,9-12,15-18,23-33,62H2,1-4H3,(H2,63,86)(H,73,84)(H,74,87)(H,75,85)(H,76,88)(H,77,93)(H,78,92)(H,79,91)(H,80,89)(H,81,90)(H4,64,65,70)(H4,66,67,71)(H4,68,69,72)/t34-,38-,39-,40-,41-,42-,43-,44-,47-,48-/m0/s1. The van der Waals surface area contributed by atoms with Gasteiger partial charge in [-0.25, -0.2) is 0 Å². The zero-order valence-corrected chi connectivity index (χ0v) is 56.4. The van der Waals surface area contributed by atoms with E-state index in [0.717, 1.165) is 0 Å². The lowest BCUT2D eigenvalue weighted by atomic mass is 9.96. The molecule has 0 bridgehead atoms. The third kappa shape index (κ3) is 27.7. The van der Waals surface area contributed by atoms with E-state index >= 15 is 4.79 Å². The summed E-state index contributed by atoms with van der Waals surface area (Å²) in [4.78, 5) is 169. The number of carbonyl (C=O) groups excluding carboxylic acids is 11. The normalized spacial score (nSPS) is 21.7. The van der Waals surface area contributed by atoms with Crippen molar-refractivity contribution in [3.8, 4) is 5.75 Å². The van der Waals surface area contributed by atoms with Gasteiger partial charge in [-0.1, -0.05) is 62.7 Å². The van der Waals surface area contributed by atoms with Crippen LogP contribution in [-0.2, 0) is 65.6 Å². The molecule has 0 spiro atoms. The lowest BCUT2D eigenvalue weighted by molar-refractivity contribution is -0.142. The van der Waals surface area contributed by atoms with Crippen molar-refractivity contribution in [1.29, 1.82) is 0 Å².